The van der Waals surface area contributed by atoms with Crippen LogP contribution in [0.3, 0.4) is 0 Å². The molecule has 0 aliphatic carbocycles. The van der Waals surface area contributed by atoms with Gasteiger partial charge in [-0.05, 0) is 66.6 Å². The summed E-state index contributed by atoms with van der Waals surface area (Å²) in [5.41, 5.74) is 7.24. The molecule has 0 saturated carbocycles. The minimum atomic E-state index is 0.0890. The van der Waals surface area contributed by atoms with Gasteiger partial charge in [0.15, 0.2) is 0 Å². The van der Waals surface area contributed by atoms with Crippen molar-refractivity contribution in [3.8, 4) is 17.2 Å². The van der Waals surface area contributed by atoms with Crippen molar-refractivity contribution in [1.82, 2.24) is 0 Å². The van der Waals surface area contributed by atoms with Crippen LogP contribution in [0.5, 0.6) is 17.2 Å². The van der Waals surface area contributed by atoms with Crippen molar-refractivity contribution in [2.75, 3.05) is 6.61 Å². The molecule has 1 fully saturated rings. The number of nitrogens with two attached hydrogens (primary N) is 1. The Bertz CT molecular complexity index is 795. The monoisotopic (exact) mass is 350 g/mol. The van der Waals surface area contributed by atoms with E-state index < -0.39 is 0 Å². The van der Waals surface area contributed by atoms with Crippen LogP contribution >= 0.6 is 0 Å². The highest BCUT2D eigenvalue weighted by Gasteiger charge is 2.19. The second kappa shape index (κ2) is 8.25. The molecule has 5 heteroatoms. The first-order chi connectivity index (χ1) is 12.6. The lowest BCUT2D eigenvalue weighted by molar-refractivity contribution is 0.103. The minimum Gasteiger partial charge on any atom is -0.492 e. The molecule has 0 unspecified atom stereocenters. The smallest absolute Gasteiger partial charge is 0.132 e. The Kier molecular flexibility index (Phi) is 5.59. The molecule has 3 rings (SSSR count). The van der Waals surface area contributed by atoms with E-state index >= 15 is 0 Å². The molecule has 0 amide bonds. The fourth-order valence-corrected chi connectivity index (χ4v) is 2.62. The van der Waals surface area contributed by atoms with Gasteiger partial charge < -0.3 is 25.4 Å². The van der Waals surface area contributed by atoms with Crippen molar-refractivity contribution in [3.05, 3.63) is 72.5 Å². The topological polar surface area (TPSA) is 77.6 Å². The van der Waals surface area contributed by atoms with E-state index in [4.69, 9.17) is 25.4 Å². The number of rotatable bonds is 7. The SMILES string of the molecule is C=C1CC[C@@H](COc2ccc(Oc3ccc(/C(N)=C/C=N)cc3)cc2)O1. The molecule has 5 nitrogen and oxygen atoms in total. The summed E-state index contributed by atoms with van der Waals surface area (Å²) in [6.07, 6.45) is 4.66. The Balaban J connectivity index is 1.54. The molecule has 2 aromatic rings. The third kappa shape index (κ3) is 4.66. The summed E-state index contributed by atoms with van der Waals surface area (Å²) in [5.74, 6) is 3.04. The molecule has 0 radical (unpaired) electrons. The van der Waals surface area contributed by atoms with Gasteiger partial charge in [-0.15, -0.1) is 0 Å². The molecule has 1 aliphatic heterocycles. The predicted molar refractivity (Wildman–Crippen MR) is 103 cm³/mol. The standard InChI is InChI=1S/C21H22N2O3/c1-15-2-5-20(25-15)14-24-17-8-10-19(11-9-17)26-18-6-3-16(4-7-18)21(23)12-13-22/h3-4,6-13,20,22H,1-2,5,14,23H2/b21-12-,22-13?/t20-/m0/s1. The second-order valence-electron chi connectivity index (χ2n) is 6.01. The van der Waals surface area contributed by atoms with Gasteiger partial charge in [-0.3, -0.25) is 0 Å². The Morgan fingerprint density at radius 2 is 1.73 bits per heavy atom. The molecule has 1 atom stereocenters. The van der Waals surface area contributed by atoms with Crippen molar-refractivity contribution >= 4 is 11.9 Å². The lowest BCUT2D eigenvalue weighted by atomic mass is 10.1. The maximum absolute atomic E-state index is 7.05. The molecule has 26 heavy (non-hydrogen) atoms. The van der Waals surface area contributed by atoms with Crippen LogP contribution in [-0.4, -0.2) is 18.9 Å². The van der Waals surface area contributed by atoms with Gasteiger partial charge in [0.25, 0.3) is 0 Å². The summed E-state index contributed by atoms with van der Waals surface area (Å²) in [4.78, 5) is 0. The molecule has 0 aromatic heterocycles. The molecular weight excluding hydrogens is 328 g/mol. The maximum atomic E-state index is 7.05. The molecule has 3 N–H and O–H groups in total. The van der Waals surface area contributed by atoms with Gasteiger partial charge in [0.2, 0.25) is 0 Å². The molecule has 1 aliphatic rings. The largest absolute Gasteiger partial charge is 0.492 e. The van der Waals surface area contributed by atoms with Crippen LogP contribution in [0.2, 0.25) is 0 Å². The molecule has 134 valence electrons. The van der Waals surface area contributed by atoms with Gasteiger partial charge in [-0.1, -0.05) is 6.58 Å². The van der Waals surface area contributed by atoms with Crippen molar-refractivity contribution in [1.29, 1.82) is 5.41 Å². The van der Waals surface area contributed by atoms with Crippen LogP contribution in [0.15, 0.2) is 66.9 Å². The van der Waals surface area contributed by atoms with Crippen LogP contribution in [0.4, 0.5) is 0 Å². The number of hydrogen-bond acceptors (Lipinski definition) is 5. The molecule has 1 saturated heterocycles. The average molecular weight is 350 g/mol. The maximum Gasteiger partial charge on any atom is 0.132 e. The van der Waals surface area contributed by atoms with Crippen LogP contribution in [0.1, 0.15) is 18.4 Å². The van der Waals surface area contributed by atoms with E-state index in [1.54, 1.807) is 6.08 Å². The van der Waals surface area contributed by atoms with Gasteiger partial charge in [-0.25, -0.2) is 0 Å². The third-order valence-corrected chi connectivity index (χ3v) is 4.02. The van der Waals surface area contributed by atoms with Gasteiger partial charge in [0, 0.05) is 18.3 Å². The van der Waals surface area contributed by atoms with Gasteiger partial charge in [0.1, 0.15) is 30.0 Å². The number of nitrogens with one attached hydrogen (secondary N) is 1. The van der Waals surface area contributed by atoms with Crippen LogP contribution in [0, 0.1) is 5.41 Å². The zero-order chi connectivity index (χ0) is 18.4. The number of ether oxygens (including phenoxy) is 3. The highest BCUT2D eigenvalue weighted by molar-refractivity contribution is 5.81. The van der Waals surface area contributed by atoms with Gasteiger partial charge in [-0.2, -0.15) is 0 Å². The predicted octanol–water partition coefficient (Wildman–Crippen LogP) is 4.50. The van der Waals surface area contributed by atoms with E-state index in [2.05, 4.69) is 6.58 Å². The van der Waals surface area contributed by atoms with E-state index in [1.807, 2.05) is 48.5 Å². The summed E-state index contributed by atoms with van der Waals surface area (Å²) in [5, 5.41) is 7.05. The van der Waals surface area contributed by atoms with Crippen molar-refractivity contribution in [3.63, 3.8) is 0 Å². The van der Waals surface area contributed by atoms with E-state index in [9.17, 15) is 0 Å². The normalized spacial score (nSPS) is 16.8. The second-order valence-corrected chi connectivity index (χ2v) is 6.01. The van der Waals surface area contributed by atoms with Crippen molar-refractivity contribution < 1.29 is 14.2 Å². The van der Waals surface area contributed by atoms with E-state index in [1.165, 1.54) is 6.21 Å². The molecule has 0 bridgehead atoms. The average Bonchev–Trinajstić information content (AvgIpc) is 3.07. The Morgan fingerprint density at radius 3 is 2.31 bits per heavy atom. The molecule has 1 heterocycles. The van der Waals surface area contributed by atoms with Gasteiger partial charge >= 0.3 is 0 Å². The molecule has 2 aromatic carbocycles. The summed E-state index contributed by atoms with van der Waals surface area (Å²) in [6, 6.07) is 14.9. The number of allylic oxidation sites excluding steroid dienone is 2. The zero-order valence-corrected chi connectivity index (χ0v) is 14.5. The van der Waals surface area contributed by atoms with Crippen LogP contribution in [-0.2, 0) is 4.74 Å². The lowest BCUT2D eigenvalue weighted by Gasteiger charge is -2.13. The van der Waals surface area contributed by atoms with E-state index in [0.717, 1.165) is 35.7 Å². The molecular formula is C21H22N2O3. The zero-order valence-electron chi connectivity index (χ0n) is 14.5. The first-order valence-electron chi connectivity index (χ1n) is 8.46. The Labute approximate surface area is 153 Å². The van der Waals surface area contributed by atoms with Gasteiger partial charge in [0.05, 0.1) is 5.76 Å². The lowest BCUT2D eigenvalue weighted by Crippen LogP contribution is -2.15. The van der Waals surface area contributed by atoms with Crippen molar-refractivity contribution in [2.24, 2.45) is 5.73 Å². The number of hydrogen-bond donors (Lipinski definition) is 2. The fraction of sp³-hybridized carbons (Fsp3) is 0.190. The quantitative estimate of drug-likeness (QED) is 0.721. The minimum absolute atomic E-state index is 0.0890. The van der Waals surface area contributed by atoms with Crippen LogP contribution in [0.25, 0.3) is 5.70 Å². The summed E-state index contributed by atoms with van der Waals surface area (Å²) in [6.45, 7) is 4.34. The van der Waals surface area contributed by atoms with Crippen molar-refractivity contribution in [2.45, 2.75) is 18.9 Å². The highest BCUT2D eigenvalue weighted by atomic mass is 16.5. The molecule has 0 spiro atoms. The third-order valence-electron chi connectivity index (χ3n) is 4.02. The summed E-state index contributed by atoms with van der Waals surface area (Å²) in [7, 11) is 0. The Hall–Kier alpha value is -3.21. The summed E-state index contributed by atoms with van der Waals surface area (Å²) < 4.78 is 17.1. The first kappa shape index (κ1) is 17.6. The Morgan fingerprint density at radius 1 is 1.12 bits per heavy atom. The van der Waals surface area contributed by atoms with Crippen LogP contribution < -0.4 is 15.2 Å². The number of benzene rings is 2. The summed E-state index contributed by atoms with van der Waals surface area (Å²) >= 11 is 0. The van der Waals surface area contributed by atoms with E-state index in [0.29, 0.717) is 18.1 Å². The first-order valence-corrected chi connectivity index (χ1v) is 8.46. The fourth-order valence-electron chi connectivity index (χ4n) is 2.62. The van der Waals surface area contributed by atoms with E-state index in [-0.39, 0.29) is 6.10 Å². The highest BCUT2D eigenvalue weighted by Crippen LogP contribution is 2.26.